The fraction of sp³-hybridized carbons (Fsp3) is 0.818. The van der Waals surface area contributed by atoms with E-state index in [-0.39, 0.29) is 29.0 Å². The summed E-state index contributed by atoms with van der Waals surface area (Å²) in [5, 5.41) is 11.3. The number of allylic oxidation sites excluding steroid dienone is 1. The number of fused-ring (bicyclic) bond motifs is 1. The van der Waals surface area contributed by atoms with Crippen LogP contribution in [0.25, 0.3) is 0 Å². The molecule has 28 heavy (non-hydrogen) atoms. The molecule has 0 aromatic rings. The third-order valence-electron chi connectivity index (χ3n) is 8.66. The lowest BCUT2D eigenvalue weighted by Gasteiger charge is -2.62. The molecule has 0 aromatic heterocycles. The molecule has 1 N–H and O–H groups in total. The third kappa shape index (κ3) is 1.90. The van der Waals surface area contributed by atoms with Crippen LogP contribution in [0.15, 0.2) is 12.2 Å². The molecule has 2 bridgehead atoms. The molecule has 154 valence electrons. The largest absolute Gasteiger partial charge is 0.461 e. The minimum absolute atomic E-state index is 0.0430. The highest BCUT2D eigenvalue weighted by Gasteiger charge is 2.80. The first-order chi connectivity index (χ1) is 13.2. The Hall–Kier alpha value is -1.24. The number of carbonyl (C=O) groups is 2. The van der Waals surface area contributed by atoms with Gasteiger partial charge < -0.3 is 19.3 Å². The molecule has 5 rings (SSSR count). The molecule has 3 aliphatic carbocycles. The minimum atomic E-state index is -1.21. The van der Waals surface area contributed by atoms with Gasteiger partial charge in [-0.3, -0.25) is 9.59 Å². The van der Waals surface area contributed by atoms with Gasteiger partial charge in [-0.05, 0) is 61.9 Å². The van der Waals surface area contributed by atoms with Crippen molar-refractivity contribution < 1.29 is 28.9 Å². The second-order valence-corrected chi connectivity index (χ2v) is 10.1. The first kappa shape index (κ1) is 18.8. The number of carbonyl (C=O) groups excluding carboxylic acids is 2. The van der Waals surface area contributed by atoms with Crippen molar-refractivity contribution >= 4 is 11.8 Å². The number of ether oxygens (including phenoxy) is 3. The smallest absolute Gasteiger partial charge is 0.320 e. The number of aliphatic hydroxyl groups excluding tert-OH is 1. The lowest BCUT2D eigenvalue weighted by molar-refractivity contribution is -0.268. The maximum absolute atomic E-state index is 13.3. The molecule has 2 aliphatic heterocycles. The average Bonchev–Trinajstić information content (AvgIpc) is 3.04. The minimum Gasteiger partial charge on any atom is -0.461 e. The maximum Gasteiger partial charge on any atom is 0.320 e. The SMILES string of the molecule is C=C1C(=O)C23CC1CCC2C12C(O)OC(OCC)C1C(C)(C)CCC2OC3=O. The second-order valence-electron chi connectivity index (χ2n) is 10.1. The molecule has 2 saturated heterocycles. The normalized spacial score (nSPS) is 51.4. The maximum atomic E-state index is 13.3. The third-order valence-corrected chi connectivity index (χ3v) is 8.66. The molecule has 8 atom stereocenters. The number of hydrogen-bond acceptors (Lipinski definition) is 6. The molecular formula is C22H30O6. The molecular weight excluding hydrogens is 360 g/mol. The standard InChI is InChI=1S/C22H30O6/c1-5-26-17-15-20(3,4)9-8-14-22(15,19(25)28-17)13-7-6-12-10-21(13,18(24)27-14)16(23)11(12)2/h12-15,17,19,25H,2,5-10H2,1,3-4H3. The Labute approximate surface area is 165 Å². The first-order valence-corrected chi connectivity index (χ1v) is 10.6. The van der Waals surface area contributed by atoms with E-state index in [2.05, 4.69) is 20.4 Å². The van der Waals surface area contributed by atoms with Gasteiger partial charge in [0.15, 0.2) is 18.4 Å². The number of Topliss-reactive ketones (excluding diaryl/α,β-unsaturated/α-hetero) is 1. The van der Waals surface area contributed by atoms with Crippen LogP contribution in [0.4, 0.5) is 0 Å². The van der Waals surface area contributed by atoms with Crippen LogP contribution >= 0.6 is 0 Å². The molecule has 6 heteroatoms. The number of aliphatic hydroxyl groups is 1. The van der Waals surface area contributed by atoms with Crippen LogP contribution in [-0.4, -0.2) is 42.1 Å². The van der Waals surface area contributed by atoms with Gasteiger partial charge >= 0.3 is 5.97 Å². The Morgan fingerprint density at radius 3 is 2.71 bits per heavy atom. The fourth-order valence-corrected chi connectivity index (χ4v) is 7.60. The van der Waals surface area contributed by atoms with Crippen molar-refractivity contribution in [3.8, 4) is 0 Å². The van der Waals surface area contributed by atoms with Crippen LogP contribution in [0.2, 0.25) is 0 Å². The van der Waals surface area contributed by atoms with Gasteiger partial charge in [-0.1, -0.05) is 20.4 Å². The summed E-state index contributed by atoms with van der Waals surface area (Å²) in [5.41, 5.74) is -1.65. The summed E-state index contributed by atoms with van der Waals surface area (Å²) < 4.78 is 17.9. The van der Waals surface area contributed by atoms with Crippen molar-refractivity contribution in [1.82, 2.24) is 0 Å². The van der Waals surface area contributed by atoms with E-state index in [1.165, 1.54) is 0 Å². The molecule has 6 nitrogen and oxygen atoms in total. The summed E-state index contributed by atoms with van der Waals surface area (Å²) in [4.78, 5) is 26.6. The van der Waals surface area contributed by atoms with E-state index in [1.807, 2.05) is 6.92 Å². The zero-order valence-electron chi connectivity index (χ0n) is 16.9. The van der Waals surface area contributed by atoms with Gasteiger partial charge in [-0.2, -0.15) is 0 Å². The molecule has 0 radical (unpaired) electrons. The van der Waals surface area contributed by atoms with Crippen molar-refractivity contribution in [3.05, 3.63) is 12.2 Å². The lowest BCUT2D eigenvalue weighted by atomic mass is 9.43. The molecule has 2 spiro atoms. The Morgan fingerprint density at radius 1 is 1.25 bits per heavy atom. The van der Waals surface area contributed by atoms with E-state index >= 15 is 0 Å². The Kier molecular flexibility index (Phi) is 3.80. The number of ketones is 1. The first-order valence-electron chi connectivity index (χ1n) is 10.6. The van der Waals surface area contributed by atoms with Crippen LogP contribution in [-0.2, 0) is 23.8 Å². The van der Waals surface area contributed by atoms with Gasteiger partial charge in [0.2, 0.25) is 0 Å². The molecule has 0 aromatic carbocycles. The van der Waals surface area contributed by atoms with Crippen molar-refractivity contribution in [2.45, 2.75) is 71.6 Å². The Bertz CT molecular complexity index is 758. The molecule has 5 fully saturated rings. The highest BCUT2D eigenvalue weighted by atomic mass is 16.7. The zero-order valence-corrected chi connectivity index (χ0v) is 16.9. The van der Waals surface area contributed by atoms with Gasteiger partial charge in [0.1, 0.15) is 11.5 Å². The van der Waals surface area contributed by atoms with Crippen molar-refractivity contribution in [1.29, 1.82) is 0 Å². The van der Waals surface area contributed by atoms with E-state index in [4.69, 9.17) is 14.2 Å². The highest BCUT2D eigenvalue weighted by Crippen LogP contribution is 2.72. The van der Waals surface area contributed by atoms with Crippen molar-refractivity contribution in [2.75, 3.05) is 6.61 Å². The summed E-state index contributed by atoms with van der Waals surface area (Å²) in [6, 6.07) is 0. The number of esters is 1. The highest BCUT2D eigenvalue weighted by molar-refractivity contribution is 6.15. The van der Waals surface area contributed by atoms with Gasteiger partial charge in [0.25, 0.3) is 0 Å². The van der Waals surface area contributed by atoms with Crippen LogP contribution in [0, 0.1) is 34.0 Å². The lowest BCUT2D eigenvalue weighted by Crippen LogP contribution is -2.70. The van der Waals surface area contributed by atoms with Gasteiger partial charge in [-0.25, -0.2) is 0 Å². The van der Waals surface area contributed by atoms with Crippen LogP contribution < -0.4 is 0 Å². The van der Waals surface area contributed by atoms with Crippen molar-refractivity contribution in [3.63, 3.8) is 0 Å². The molecule has 2 heterocycles. The van der Waals surface area contributed by atoms with E-state index < -0.39 is 35.5 Å². The number of rotatable bonds is 2. The molecule has 3 saturated carbocycles. The predicted molar refractivity (Wildman–Crippen MR) is 98.7 cm³/mol. The van der Waals surface area contributed by atoms with E-state index in [1.54, 1.807) is 0 Å². The molecule has 5 aliphatic rings. The van der Waals surface area contributed by atoms with Gasteiger partial charge in [-0.15, -0.1) is 0 Å². The quantitative estimate of drug-likeness (QED) is 0.443. The van der Waals surface area contributed by atoms with E-state index in [9.17, 15) is 14.7 Å². The monoisotopic (exact) mass is 390 g/mol. The van der Waals surface area contributed by atoms with Gasteiger partial charge in [0.05, 0.1) is 5.41 Å². The fourth-order valence-electron chi connectivity index (χ4n) is 7.60. The summed E-state index contributed by atoms with van der Waals surface area (Å²) in [6.45, 7) is 10.7. The van der Waals surface area contributed by atoms with Crippen LogP contribution in [0.1, 0.15) is 52.9 Å². The predicted octanol–water partition coefficient (Wildman–Crippen LogP) is 2.59. The molecule has 8 unspecified atom stereocenters. The number of hydrogen-bond donors (Lipinski definition) is 1. The Morgan fingerprint density at radius 2 is 2.00 bits per heavy atom. The van der Waals surface area contributed by atoms with Gasteiger partial charge in [0, 0.05) is 12.5 Å². The Balaban J connectivity index is 1.72. The topological polar surface area (TPSA) is 82.1 Å². The van der Waals surface area contributed by atoms with E-state index in [0.717, 1.165) is 12.8 Å². The average molecular weight is 390 g/mol. The summed E-state index contributed by atoms with van der Waals surface area (Å²) in [6.07, 6.45) is 1.36. The second kappa shape index (κ2) is 5.67. The van der Waals surface area contributed by atoms with E-state index in [0.29, 0.717) is 31.4 Å². The van der Waals surface area contributed by atoms with Crippen LogP contribution in [0.5, 0.6) is 0 Å². The summed E-state index contributed by atoms with van der Waals surface area (Å²) in [5.74, 6) is -0.998. The summed E-state index contributed by atoms with van der Waals surface area (Å²) in [7, 11) is 0. The summed E-state index contributed by atoms with van der Waals surface area (Å²) >= 11 is 0. The molecule has 0 amide bonds. The zero-order chi connectivity index (χ0) is 20.1. The van der Waals surface area contributed by atoms with Crippen molar-refractivity contribution in [2.24, 2.45) is 34.0 Å². The van der Waals surface area contributed by atoms with Crippen LogP contribution in [0.3, 0.4) is 0 Å².